The summed E-state index contributed by atoms with van der Waals surface area (Å²) in [6.45, 7) is -0.618. The van der Waals surface area contributed by atoms with Crippen LogP contribution in [0.25, 0.3) is 10.8 Å². The molecule has 2 aromatic rings. The maximum absolute atomic E-state index is 12.1. The Morgan fingerprint density at radius 2 is 1.86 bits per heavy atom. The summed E-state index contributed by atoms with van der Waals surface area (Å²) >= 11 is 0. The van der Waals surface area contributed by atoms with Gasteiger partial charge in [0.25, 0.3) is 5.56 Å². The Labute approximate surface area is 117 Å². The van der Waals surface area contributed by atoms with Crippen LogP contribution in [0.3, 0.4) is 0 Å². The smallest absolute Gasteiger partial charge is 0.357 e. The first kappa shape index (κ1) is 14.2. The average molecular weight is 290 g/mol. The van der Waals surface area contributed by atoms with Gasteiger partial charge >= 0.3 is 12.0 Å². The number of hydrogen-bond acceptors (Lipinski definition) is 5. The lowest BCUT2D eigenvalue weighted by molar-refractivity contribution is -0.120. The van der Waals surface area contributed by atoms with E-state index in [2.05, 4.69) is 5.10 Å². The number of nitrogens with one attached hydrogen (secondary N) is 1. The average Bonchev–Trinajstić information content (AvgIpc) is 2.40. The summed E-state index contributed by atoms with van der Waals surface area (Å²) in [6.07, 6.45) is 0. The summed E-state index contributed by atoms with van der Waals surface area (Å²) in [5.41, 5.74) is 3.77. The summed E-state index contributed by atoms with van der Waals surface area (Å²) in [7, 11) is 0. The molecule has 0 spiro atoms. The number of carboxylic acid groups (broad SMARTS) is 1. The van der Waals surface area contributed by atoms with E-state index in [0.717, 1.165) is 0 Å². The van der Waals surface area contributed by atoms with Crippen LogP contribution in [0.15, 0.2) is 29.1 Å². The van der Waals surface area contributed by atoms with Crippen molar-refractivity contribution >= 4 is 28.7 Å². The molecule has 0 aliphatic carbocycles. The molecule has 21 heavy (non-hydrogen) atoms. The van der Waals surface area contributed by atoms with Crippen molar-refractivity contribution in [1.82, 2.24) is 15.1 Å². The molecule has 9 heteroatoms. The third-order valence-electron chi connectivity index (χ3n) is 2.63. The highest BCUT2D eigenvalue weighted by Crippen LogP contribution is 2.12. The number of rotatable bonds is 3. The van der Waals surface area contributed by atoms with Crippen molar-refractivity contribution < 1.29 is 19.5 Å². The maximum atomic E-state index is 12.1. The highest BCUT2D eigenvalue weighted by molar-refractivity contribution is 6.01. The van der Waals surface area contributed by atoms with E-state index < -0.39 is 30.0 Å². The van der Waals surface area contributed by atoms with Crippen LogP contribution in [0.1, 0.15) is 10.5 Å². The maximum Gasteiger partial charge on any atom is 0.357 e. The van der Waals surface area contributed by atoms with Gasteiger partial charge in [-0.2, -0.15) is 5.10 Å². The lowest BCUT2D eigenvalue weighted by atomic mass is 10.1. The number of carbonyl (C=O) groups is 3. The van der Waals surface area contributed by atoms with Crippen LogP contribution >= 0.6 is 0 Å². The van der Waals surface area contributed by atoms with Crippen LogP contribution in [0.2, 0.25) is 0 Å². The van der Waals surface area contributed by atoms with Gasteiger partial charge in [-0.25, -0.2) is 14.3 Å². The van der Waals surface area contributed by atoms with Gasteiger partial charge in [-0.3, -0.25) is 14.9 Å². The summed E-state index contributed by atoms with van der Waals surface area (Å²) in [5, 5.41) is 14.8. The highest BCUT2D eigenvalue weighted by atomic mass is 16.4. The Morgan fingerprint density at radius 1 is 1.24 bits per heavy atom. The van der Waals surface area contributed by atoms with Crippen LogP contribution < -0.4 is 16.6 Å². The molecule has 0 unspecified atom stereocenters. The Morgan fingerprint density at radius 3 is 2.43 bits per heavy atom. The number of aromatic nitrogens is 2. The summed E-state index contributed by atoms with van der Waals surface area (Å²) in [6, 6.07) is 4.92. The molecule has 2 rings (SSSR count). The molecule has 0 saturated heterocycles. The van der Waals surface area contributed by atoms with Crippen molar-refractivity contribution in [2.45, 2.75) is 6.54 Å². The molecule has 108 valence electrons. The lowest BCUT2D eigenvalue weighted by Crippen LogP contribution is -2.40. The zero-order chi connectivity index (χ0) is 15.6. The molecule has 0 fully saturated rings. The van der Waals surface area contributed by atoms with Crippen LogP contribution in [-0.2, 0) is 11.3 Å². The predicted molar refractivity (Wildman–Crippen MR) is 70.7 cm³/mol. The monoisotopic (exact) mass is 290 g/mol. The van der Waals surface area contributed by atoms with Gasteiger partial charge in [0.15, 0.2) is 5.69 Å². The quantitative estimate of drug-likeness (QED) is 0.681. The second kappa shape index (κ2) is 5.41. The van der Waals surface area contributed by atoms with E-state index in [-0.39, 0.29) is 16.5 Å². The largest absolute Gasteiger partial charge is 0.476 e. The molecule has 9 nitrogen and oxygen atoms in total. The number of fused-ring (bicyclic) bond motifs is 1. The van der Waals surface area contributed by atoms with Gasteiger partial charge in [0.05, 0.1) is 5.39 Å². The third-order valence-corrected chi connectivity index (χ3v) is 2.63. The molecule has 0 radical (unpaired) electrons. The van der Waals surface area contributed by atoms with Crippen molar-refractivity contribution in [2.24, 2.45) is 5.73 Å². The number of benzene rings is 1. The molecule has 1 aromatic carbocycles. The lowest BCUT2D eigenvalue weighted by Gasteiger charge is -2.08. The Kier molecular flexibility index (Phi) is 3.65. The first-order chi connectivity index (χ1) is 9.90. The van der Waals surface area contributed by atoms with E-state index in [0.29, 0.717) is 4.68 Å². The van der Waals surface area contributed by atoms with Gasteiger partial charge in [0.1, 0.15) is 6.54 Å². The van der Waals surface area contributed by atoms with Gasteiger partial charge in [0, 0.05) is 5.39 Å². The van der Waals surface area contributed by atoms with Crippen LogP contribution in [0.5, 0.6) is 0 Å². The molecular formula is C12H10N4O5. The number of imide groups is 1. The molecule has 4 N–H and O–H groups in total. The Balaban J connectivity index is 2.57. The SMILES string of the molecule is NC(=O)NC(=O)Cn1nc(C(=O)O)c2ccccc2c1=O. The first-order valence-electron chi connectivity index (χ1n) is 5.72. The van der Waals surface area contributed by atoms with Gasteiger partial charge in [0.2, 0.25) is 5.91 Å². The second-order valence-corrected chi connectivity index (χ2v) is 4.07. The standard InChI is InChI=1S/C12H10N4O5/c13-12(21)14-8(17)5-16-10(18)7-4-2-1-3-6(7)9(15-16)11(19)20/h1-4H,5H2,(H,19,20)(H3,13,14,17,21). The van der Waals surface area contributed by atoms with Crippen molar-refractivity contribution in [3.05, 3.63) is 40.3 Å². The van der Waals surface area contributed by atoms with Crippen molar-refractivity contribution in [2.75, 3.05) is 0 Å². The number of amides is 3. The van der Waals surface area contributed by atoms with Gasteiger partial charge in [-0.15, -0.1) is 0 Å². The number of nitrogens with two attached hydrogens (primary N) is 1. The summed E-state index contributed by atoms with van der Waals surface area (Å²) < 4.78 is 0.671. The molecule has 0 aliphatic heterocycles. The fourth-order valence-corrected chi connectivity index (χ4v) is 1.81. The molecular weight excluding hydrogens is 280 g/mol. The number of primary amides is 1. The normalized spacial score (nSPS) is 10.3. The number of aromatic carboxylic acids is 1. The first-order valence-corrected chi connectivity index (χ1v) is 5.72. The minimum absolute atomic E-state index is 0.108. The zero-order valence-electron chi connectivity index (χ0n) is 10.6. The summed E-state index contributed by atoms with van der Waals surface area (Å²) in [4.78, 5) is 45.3. The number of carboxylic acids is 1. The molecule has 1 aromatic heterocycles. The predicted octanol–water partition coefficient (Wildman–Crippen LogP) is -0.710. The Bertz CT molecular complexity index is 811. The fraction of sp³-hybridized carbons (Fsp3) is 0.0833. The third kappa shape index (κ3) is 2.86. The molecule has 0 aliphatic rings. The minimum Gasteiger partial charge on any atom is -0.476 e. The van der Waals surface area contributed by atoms with E-state index >= 15 is 0 Å². The number of carbonyl (C=O) groups excluding carboxylic acids is 2. The topological polar surface area (TPSA) is 144 Å². The summed E-state index contributed by atoms with van der Waals surface area (Å²) in [5.74, 6) is -2.21. The van der Waals surface area contributed by atoms with Crippen molar-refractivity contribution in [1.29, 1.82) is 0 Å². The molecule has 1 heterocycles. The molecule has 3 amide bonds. The van der Waals surface area contributed by atoms with Gasteiger partial charge in [-0.05, 0) is 6.07 Å². The number of hydrogen-bond donors (Lipinski definition) is 3. The van der Waals surface area contributed by atoms with E-state index in [1.54, 1.807) is 17.4 Å². The highest BCUT2D eigenvalue weighted by Gasteiger charge is 2.17. The van der Waals surface area contributed by atoms with Gasteiger partial charge < -0.3 is 10.8 Å². The number of urea groups is 1. The zero-order valence-corrected chi connectivity index (χ0v) is 10.6. The molecule has 0 atom stereocenters. The van der Waals surface area contributed by atoms with Crippen LogP contribution in [-0.4, -0.2) is 32.8 Å². The molecule has 0 saturated carbocycles. The van der Waals surface area contributed by atoms with Gasteiger partial charge in [-0.1, -0.05) is 18.2 Å². The minimum atomic E-state index is -1.34. The van der Waals surface area contributed by atoms with E-state index in [1.807, 2.05) is 0 Å². The van der Waals surface area contributed by atoms with Crippen LogP contribution in [0.4, 0.5) is 4.79 Å². The van der Waals surface area contributed by atoms with Crippen LogP contribution in [0, 0.1) is 0 Å². The number of nitrogens with zero attached hydrogens (tertiary/aromatic N) is 2. The van der Waals surface area contributed by atoms with E-state index in [9.17, 15) is 19.2 Å². The second-order valence-electron chi connectivity index (χ2n) is 4.07. The fourth-order valence-electron chi connectivity index (χ4n) is 1.81. The van der Waals surface area contributed by atoms with E-state index in [1.165, 1.54) is 12.1 Å². The van der Waals surface area contributed by atoms with Crippen molar-refractivity contribution in [3.8, 4) is 0 Å². The van der Waals surface area contributed by atoms with Crippen molar-refractivity contribution in [3.63, 3.8) is 0 Å². The molecule has 0 bridgehead atoms. The Hall–Kier alpha value is -3.23. The van der Waals surface area contributed by atoms with E-state index in [4.69, 9.17) is 10.8 Å².